The number of rotatable bonds is 5. The number of hydrogen-bond acceptors (Lipinski definition) is 6. The molecule has 0 bridgehead atoms. The van der Waals surface area contributed by atoms with E-state index in [9.17, 15) is 14.3 Å². The monoisotopic (exact) mass is 449 g/mol. The van der Waals surface area contributed by atoms with E-state index in [1.165, 1.54) is 29.5 Å². The molecule has 5 rings (SSSR count). The van der Waals surface area contributed by atoms with Crippen molar-refractivity contribution in [2.45, 2.75) is 26.1 Å². The molecule has 7 heteroatoms. The van der Waals surface area contributed by atoms with E-state index in [4.69, 9.17) is 4.42 Å². The molecule has 172 valence electrons. The number of piperazine rings is 1. The molecule has 0 amide bonds. The third-order valence-electron chi connectivity index (χ3n) is 6.69. The molecule has 1 fully saturated rings. The zero-order valence-corrected chi connectivity index (χ0v) is 18.5. The third kappa shape index (κ3) is 4.79. The Bertz CT molecular complexity index is 1170. The summed E-state index contributed by atoms with van der Waals surface area (Å²) in [5.41, 5.74) is 4.11. The van der Waals surface area contributed by atoms with E-state index in [0.717, 1.165) is 51.4 Å². The van der Waals surface area contributed by atoms with Crippen molar-refractivity contribution in [3.63, 3.8) is 0 Å². The summed E-state index contributed by atoms with van der Waals surface area (Å²) in [6, 6.07) is 14.9. The summed E-state index contributed by atoms with van der Waals surface area (Å²) in [7, 11) is 0. The summed E-state index contributed by atoms with van der Waals surface area (Å²) in [5, 5.41) is 10.9. The van der Waals surface area contributed by atoms with E-state index in [1.54, 1.807) is 12.1 Å². The summed E-state index contributed by atoms with van der Waals surface area (Å²) in [5.74, 6) is -0.186. The number of halogens is 1. The first kappa shape index (κ1) is 21.7. The van der Waals surface area contributed by atoms with Crippen LogP contribution in [0.3, 0.4) is 0 Å². The van der Waals surface area contributed by atoms with Gasteiger partial charge in [-0.1, -0.05) is 24.3 Å². The normalized spacial score (nSPS) is 17.2. The molecule has 0 unspecified atom stereocenters. The maximum absolute atomic E-state index is 13.2. The van der Waals surface area contributed by atoms with Gasteiger partial charge >= 0.3 is 5.63 Å². The van der Waals surface area contributed by atoms with Crippen LogP contribution in [0, 0.1) is 5.82 Å². The summed E-state index contributed by atoms with van der Waals surface area (Å²) in [6.07, 6.45) is 2.32. The van der Waals surface area contributed by atoms with Gasteiger partial charge in [-0.15, -0.1) is 0 Å². The second kappa shape index (κ2) is 9.37. The second-order valence-corrected chi connectivity index (χ2v) is 8.84. The third-order valence-corrected chi connectivity index (χ3v) is 6.69. The van der Waals surface area contributed by atoms with Gasteiger partial charge in [0.15, 0.2) is 0 Å². The first-order valence-electron chi connectivity index (χ1n) is 11.4. The van der Waals surface area contributed by atoms with Crippen LogP contribution in [0.1, 0.15) is 22.3 Å². The fourth-order valence-electron chi connectivity index (χ4n) is 4.76. The Kier molecular flexibility index (Phi) is 6.15. The van der Waals surface area contributed by atoms with Crippen LogP contribution < -0.4 is 10.5 Å². The minimum Gasteiger partial charge on any atom is -0.507 e. The van der Waals surface area contributed by atoms with Crippen LogP contribution in [0.2, 0.25) is 0 Å². The van der Waals surface area contributed by atoms with Gasteiger partial charge in [0.25, 0.3) is 0 Å². The Balaban J connectivity index is 1.23. The number of benzene rings is 2. The number of fused-ring (bicyclic) bond motifs is 1. The Labute approximate surface area is 192 Å². The van der Waals surface area contributed by atoms with Crippen molar-refractivity contribution >= 4 is 5.69 Å². The molecule has 1 saturated heterocycles. The van der Waals surface area contributed by atoms with Crippen molar-refractivity contribution in [2.24, 2.45) is 0 Å². The van der Waals surface area contributed by atoms with E-state index in [-0.39, 0.29) is 11.6 Å². The number of hydrogen-bond donors (Lipinski definition) is 1. The lowest BCUT2D eigenvalue weighted by molar-refractivity contribution is 0.230. The van der Waals surface area contributed by atoms with Crippen LogP contribution in [0.4, 0.5) is 10.1 Å². The average Bonchev–Trinajstić information content (AvgIpc) is 2.84. The van der Waals surface area contributed by atoms with E-state index >= 15 is 0 Å². The molecule has 2 aliphatic rings. The smallest absolute Gasteiger partial charge is 0.343 e. The van der Waals surface area contributed by atoms with Crippen LogP contribution in [0.15, 0.2) is 64.0 Å². The van der Waals surface area contributed by atoms with Gasteiger partial charge in [0, 0.05) is 63.6 Å². The SMILES string of the molecule is O=c1occ(CN2CCN(c3ccc(F)cc3)CC2)c(O)c1CN1CCc2ccccc2C1. The lowest BCUT2D eigenvalue weighted by Gasteiger charge is -2.36. The molecule has 0 spiro atoms. The zero-order chi connectivity index (χ0) is 22.8. The predicted molar refractivity (Wildman–Crippen MR) is 125 cm³/mol. The van der Waals surface area contributed by atoms with E-state index in [1.807, 2.05) is 6.07 Å². The van der Waals surface area contributed by atoms with Crippen LogP contribution >= 0.6 is 0 Å². The number of anilines is 1. The van der Waals surface area contributed by atoms with Gasteiger partial charge in [0.05, 0.1) is 5.56 Å². The molecule has 0 saturated carbocycles. The lowest BCUT2D eigenvalue weighted by atomic mass is 9.99. The van der Waals surface area contributed by atoms with Crippen molar-refractivity contribution in [1.82, 2.24) is 9.80 Å². The first-order valence-corrected chi connectivity index (χ1v) is 11.4. The summed E-state index contributed by atoms with van der Waals surface area (Å²) >= 11 is 0. The van der Waals surface area contributed by atoms with E-state index < -0.39 is 5.63 Å². The first-order chi connectivity index (χ1) is 16.1. The maximum Gasteiger partial charge on any atom is 0.343 e. The van der Waals surface area contributed by atoms with Gasteiger partial charge in [-0.2, -0.15) is 0 Å². The molecule has 0 radical (unpaired) electrons. The highest BCUT2D eigenvalue weighted by atomic mass is 19.1. The summed E-state index contributed by atoms with van der Waals surface area (Å²) < 4.78 is 18.5. The van der Waals surface area contributed by atoms with Gasteiger partial charge in [0.1, 0.15) is 17.8 Å². The fourth-order valence-corrected chi connectivity index (χ4v) is 4.76. The van der Waals surface area contributed by atoms with Gasteiger partial charge in [-0.25, -0.2) is 9.18 Å². The van der Waals surface area contributed by atoms with E-state index in [0.29, 0.717) is 24.2 Å². The average molecular weight is 450 g/mol. The van der Waals surface area contributed by atoms with Gasteiger partial charge in [-0.05, 0) is 41.8 Å². The highest BCUT2D eigenvalue weighted by Gasteiger charge is 2.23. The molecule has 3 aromatic rings. The minimum absolute atomic E-state index is 0.0473. The molecule has 2 aromatic carbocycles. The van der Waals surface area contributed by atoms with Gasteiger partial charge in [-0.3, -0.25) is 9.80 Å². The lowest BCUT2D eigenvalue weighted by Crippen LogP contribution is -2.46. The topological polar surface area (TPSA) is 60.2 Å². The van der Waals surface area contributed by atoms with Crippen molar-refractivity contribution < 1.29 is 13.9 Å². The Morgan fingerprint density at radius 1 is 0.879 bits per heavy atom. The highest BCUT2D eigenvalue weighted by Crippen LogP contribution is 2.26. The Hall–Kier alpha value is -3.16. The Morgan fingerprint density at radius 3 is 2.36 bits per heavy atom. The number of aromatic hydroxyl groups is 1. The summed E-state index contributed by atoms with van der Waals surface area (Å²) in [4.78, 5) is 19.1. The molecule has 1 aromatic heterocycles. The molecule has 0 atom stereocenters. The minimum atomic E-state index is -0.476. The van der Waals surface area contributed by atoms with Crippen molar-refractivity contribution in [3.05, 3.63) is 93.3 Å². The molecular weight excluding hydrogens is 421 g/mol. The van der Waals surface area contributed by atoms with Crippen molar-refractivity contribution in [3.8, 4) is 5.75 Å². The standard InChI is InChI=1S/C26H28FN3O3/c27-22-5-7-23(8-6-22)30-13-11-28(12-14-30)16-21-18-33-26(32)24(25(21)31)17-29-10-9-19-3-1-2-4-20(19)15-29/h1-8,18,31H,9-17H2. The zero-order valence-electron chi connectivity index (χ0n) is 18.5. The van der Waals surface area contributed by atoms with Gasteiger partial charge < -0.3 is 14.4 Å². The molecule has 2 aliphatic heterocycles. The van der Waals surface area contributed by atoms with Crippen LogP contribution in [0.25, 0.3) is 0 Å². The molecule has 0 aliphatic carbocycles. The van der Waals surface area contributed by atoms with Crippen LogP contribution in [0.5, 0.6) is 5.75 Å². The second-order valence-electron chi connectivity index (χ2n) is 8.84. The van der Waals surface area contributed by atoms with Crippen molar-refractivity contribution in [1.29, 1.82) is 0 Å². The van der Waals surface area contributed by atoms with E-state index in [2.05, 4.69) is 32.9 Å². The molecule has 1 N–H and O–H groups in total. The Morgan fingerprint density at radius 2 is 1.61 bits per heavy atom. The quantitative estimate of drug-likeness (QED) is 0.645. The fraction of sp³-hybridized carbons (Fsp3) is 0.346. The highest BCUT2D eigenvalue weighted by molar-refractivity contribution is 5.46. The van der Waals surface area contributed by atoms with Crippen molar-refractivity contribution in [2.75, 3.05) is 37.6 Å². The molecule has 3 heterocycles. The largest absolute Gasteiger partial charge is 0.507 e. The molecular formula is C26H28FN3O3. The van der Waals surface area contributed by atoms with Crippen LogP contribution in [-0.4, -0.2) is 47.6 Å². The number of nitrogens with zero attached hydrogens (tertiary/aromatic N) is 3. The summed E-state index contributed by atoms with van der Waals surface area (Å²) in [6.45, 7) is 5.70. The molecule has 6 nitrogen and oxygen atoms in total. The van der Waals surface area contributed by atoms with Gasteiger partial charge in [0.2, 0.25) is 0 Å². The molecule has 33 heavy (non-hydrogen) atoms. The maximum atomic E-state index is 13.2. The predicted octanol–water partition coefficient (Wildman–Crippen LogP) is 3.37. The van der Waals surface area contributed by atoms with Crippen LogP contribution in [-0.2, 0) is 26.1 Å².